The van der Waals surface area contributed by atoms with E-state index in [0.717, 1.165) is 10.9 Å². The van der Waals surface area contributed by atoms with Crippen molar-refractivity contribution >= 4 is 51.6 Å². The van der Waals surface area contributed by atoms with Crippen LogP contribution < -0.4 is 4.74 Å². The van der Waals surface area contributed by atoms with Crippen molar-refractivity contribution in [1.29, 1.82) is 0 Å². The summed E-state index contributed by atoms with van der Waals surface area (Å²) >= 11 is 12.4. The van der Waals surface area contributed by atoms with Crippen LogP contribution in [0, 0.1) is 0 Å². The second-order valence-corrected chi connectivity index (χ2v) is 8.61. The monoisotopic (exact) mass is 496 g/mol. The number of nitrogens with zero attached hydrogens (tertiary/aromatic N) is 1. The van der Waals surface area contributed by atoms with Crippen molar-refractivity contribution in [2.45, 2.75) is 12.6 Å². The topological polar surface area (TPSA) is 95.8 Å². The first-order valence-corrected chi connectivity index (χ1v) is 11.1. The van der Waals surface area contributed by atoms with Crippen molar-refractivity contribution < 1.29 is 23.8 Å². The van der Waals surface area contributed by atoms with E-state index in [4.69, 9.17) is 32.4 Å². The number of halogens is 2. The first kappa shape index (κ1) is 22.1. The number of benzene rings is 2. The summed E-state index contributed by atoms with van der Waals surface area (Å²) in [6.45, 7) is 0.0337. The molecule has 34 heavy (non-hydrogen) atoms. The second-order valence-electron chi connectivity index (χ2n) is 7.76. The molecule has 0 bridgehead atoms. The van der Waals surface area contributed by atoms with Crippen LogP contribution in [0.25, 0.3) is 16.7 Å². The lowest BCUT2D eigenvalue weighted by Crippen LogP contribution is -2.29. The number of furan rings is 1. The highest BCUT2D eigenvalue weighted by atomic mass is 35.5. The van der Waals surface area contributed by atoms with Crippen molar-refractivity contribution in [3.8, 4) is 5.75 Å². The van der Waals surface area contributed by atoms with Gasteiger partial charge >= 0.3 is 0 Å². The SMILES string of the molecule is COc1c(Cl)cc(Cl)cc1/C(O)=C1\C(=O)C(=O)N(Cc2ccco2)C1c1c[nH]c2ccccc12. The molecule has 2 N–H and O–H groups in total. The molecule has 0 radical (unpaired) electrons. The van der Waals surface area contributed by atoms with Crippen molar-refractivity contribution in [3.05, 3.63) is 93.5 Å². The number of aromatic amines is 1. The predicted octanol–water partition coefficient (Wildman–Crippen LogP) is 5.70. The van der Waals surface area contributed by atoms with E-state index < -0.39 is 23.5 Å². The number of amides is 1. The fourth-order valence-electron chi connectivity index (χ4n) is 4.35. The molecule has 172 valence electrons. The number of hydrogen-bond donors (Lipinski definition) is 2. The highest BCUT2D eigenvalue weighted by molar-refractivity contribution is 6.47. The van der Waals surface area contributed by atoms with Gasteiger partial charge in [-0.15, -0.1) is 0 Å². The van der Waals surface area contributed by atoms with Crippen LogP contribution >= 0.6 is 23.2 Å². The maximum Gasteiger partial charge on any atom is 0.296 e. The summed E-state index contributed by atoms with van der Waals surface area (Å²) < 4.78 is 10.8. The standard InChI is InChI=1S/C25H18Cl2N2O5/c1-33-24-16(9-13(26)10-18(24)27)22(30)20-21(17-11-28-19-7-3-2-6-15(17)19)29(25(32)23(20)31)12-14-5-4-8-34-14/h2-11,21,28,30H,12H2,1H3/b22-20+. The lowest BCUT2D eigenvalue weighted by Gasteiger charge is -2.24. The minimum atomic E-state index is -0.899. The van der Waals surface area contributed by atoms with Crippen LogP contribution in [0.2, 0.25) is 10.0 Å². The van der Waals surface area contributed by atoms with Crippen LogP contribution in [0.15, 0.2) is 71.0 Å². The molecule has 1 atom stereocenters. The molecule has 2 aromatic carbocycles. The molecule has 1 aliphatic rings. The van der Waals surface area contributed by atoms with Gasteiger partial charge in [-0.3, -0.25) is 9.59 Å². The van der Waals surface area contributed by atoms with Gasteiger partial charge in [0.05, 0.1) is 42.1 Å². The first-order chi connectivity index (χ1) is 16.4. The van der Waals surface area contributed by atoms with Gasteiger partial charge in [0.15, 0.2) is 0 Å². The zero-order chi connectivity index (χ0) is 24.0. The van der Waals surface area contributed by atoms with Gasteiger partial charge in [-0.25, -0.2) is 0 Å². The molecule has 7 nitrogen and oxygen atoms in total. The van der Waals surface area contributed by atoms with Crippen molar-refractivity contribution in [2.24, 2.45) is 0 Å². The van der Waals surface area contributed by atoms with Crippen molar-refractivity contribution in [2.75, 3.05) is 7.11 Å². The number of H-pyrrole nitrogens is 1. The number of ketones is 1. The number of aromatic nitrogens is 1. The number of rotatable bonds is 5. The molecular weight excluding hydrogens is 479 g/mol. The predicted molar refractivity (Wildman–Crippen MR) is 128 cm³/mol. The number of hydrogen-bond acceptors (Lipinski definition) is 5. The molecule has 3 heterocycles. The normalized spacial score (nSPS) is 17.6. The highest BCUT2D eigenvalue weighted by Gasteiger charge is 2.47. The summed E-state index contributed by atoms with van der Waals surface area (Å²) in [5, 5.41) is 12.6. The Morgan fingerprint density at radius 2 is 1.97 bits per heavy atom. The fourth-order valence-corrected chi connectivity index (χ4v) is 4.92. The maximum atomic E-state index is 13.3. The third kappa shape index (κ3) is 3.54. The summed E-state index contributed by atoms with van der Waals surface area (Å²) in [6.07, 6.45) is 3.22. The number of aliphatic hydroxyl groups is 1. The Labute approximate surface area is 204 Å². The number of Topliss-reactive ketones (excluding diaryl/α,β-unsaturated/α-hetero) is 1. The summed E-state index contributed by atoms with van der Waals surface area (Å²) in [4.78, 5) is 31.1. The molecule has 4 aromatic rings. The Bertz CT molecular complexity index is 1460. The van der Waals surface area contributed by atoms with E-state index in [1.54, 1.807) is 18.3 Å². The zero-order valence-corrected chi connectivity index (χ0v) is 19.4. The molecule has 0 spiro atoms. The van der Waals surface area contributed by atoms with Gasteiger partial charge in [-0.1, -0.05) is 41.4 Å². The van der Waals surface area contributed by atoms with Gasteiger partial charge in [-0.05, 0) is 30.3 Å². The lowest BCUT2D eigenvalue weighted by molar-refractivity contribution is -0.140. The number of para-hydroxylation sites is 1. The van der Waals surface area contributed by atoms with Gasteiger partial charge < -0.3 is 24.1 Å². The van der Waals surface area contributed by atoms with Gasteiger partial charge in [0.2, 0.25) is 0 Å². The molecule has 1 amide bonds. The van der Waals surface area contributed by atoms with Crippen LogP contribution in [0.3, 0.4) is 0 Å². The Balaban J connectivity index is 1.76. The van der Waals surface area contributed by atoms with Crippen LogP contribution in [0.4, 0.5) is 0 Å². The van der Waals surface area contributed by atoms with Crippen LogP contribution in [0.1, 0.15) is 22.9 Å². The number of carbonyl (C=O) groups is 2. The van der Waals surface area contributed by atoms with E-state index in [0.29, 0.717) is 11.3 Å². The third-order valence-electron chi connectivity index (χ3n) is 5.83. The molecule has 1 unspecified atom stereocenters. The quantitative estimate of drug-likeness (QED) is 0.210. The Morgan fingerprint density at radius 3 is 2.71 bits per heavy atom. The first-order valence-electron chi connectivity index (χ1n) is 10.3. The Kier molecular flexibility index (Phi) is 5.59. The lowest BCUT2D eigenvalue weighted by atomic mass is 9.94. The molecule has 2 aromatic heterocycles. The second kappa shape index (κ2) is 8.59. The summed E-state index contributed by atoms with van der Waals surface area (Å²) in [5.74, 6) is -1.40. The summed E-state index contributed by atoms with van der Waals surface area (Å²) in [5.41, 5.74) is 1.48. The summed E-state index contributed by atoms with van der Waals surface area (Å²) in [7, 11) is 1.39. The molecule has 5 rings (SSSR count). The fraction of sp³-hybridized carbons (Fsp3) is 0.120. The number of methoxy groups -OCH3 is 1. The number of likely N-dealkylation sites (tertiary alicyclic amines) is 1. The van der Waals surface area contributed by atoms with Crippen molar-refractivity contribution in [3.63, 3.8) is 0 Å². The minimum Gasteiger partial charge on any atom is -0.507 e. The average Bonchev–Trinajstić information content (AvgIpc) is 3.54. The van der Waals surface area contributed by atoms with Gasteiger partial charge in [0.1, 0.15) is 17.3 Å². The number of aliphatic hydroxyl groups excluding tert-OH is 1. The van der Waals surface area contributed by atoms with E-state index in [1.165, 1.54) is 30.4 Å². The van der Waals surface area contributed by atoms with Crippen molar-refractivity contribution in [1.82, 2.24) is 9.88 Å². The minimum absolute atomic E-state index is 0.0337. The highest BCUT2D eigenvalue weighted by Crippen LogP contribution is 2.45. The number of fused-ring (bicyclic) bond motifs is 1. The van der Waals surface area contributed by atoms with Crippen LogP contribution in [0.5, 0.6) is 5.75 Å². The maximum absolute atomic E-state index is 13.3. The average molecular weight is 497 g/mol. The van der Waals surface area contributed by atoms with Gasteiger partial charge in [0, 0.05) is 27.7 Å². The molecule has 1 aliphatic heterocycles. The molecule has 9 heteroatoms. The molecule has 0 saturated carbocycles. The van der Waals surface area contributed by atoms with E-state index in [1.807, 2.05) is 24.3 Å². The van der Waals surface area contributed by atoms with E-state index in [2.05, 4.69) is 4.98 Å². The number of nitrogens with one attached hydrogen (secondary N) is 1. The molecule has 0 aliphatic carbocycles. The molecule has 1 saturated heterocycles. The Hall–Kier alpha value is -3.68. The van der Waals surface area contributed by atoms with E-state index in [9.17, 15) is 14.7 Å². The van der Waals surface area contributed by atoms with Gasteiger partial charge in [-0.2, -0.15) is 0 Å². The van der Waals surface area contributed by atoms with Gasteiger partial charge in [0.25, 0.3) is 11.7 Å². The van der Waals surface area contributed by atoms with E-state index >= 15 is 0 Å². The molecule has 1 fully saturated rings. The van der Waals surface area contributed by atoms with E-state index in [-0.39, 0.29) is 33.5 Å². The van der Waals surface area contributed by atoms with Crippen LogP contribution in [-0.2, 0) is 16.1 Å². The number of carbonyl (C=O) groups excluding carboxylic acids is 2. The number of ether oxygens (including phenoxy) is 1. The smallest absolute Gasteiger partial charge is 0.296 e. The zero-order valence-electron chi connectivity index (χ0n) is 17.8. The largest absolute Gasteiger partial charge is 0.507 e. The Morgan fingerprint density at radius 1 is 1.18 bits per heavy atom. The molecular formula is C25H18Cl2N2O5. The summed E-state index contributed by atoms with van der Waals surface area (Å²) in [6, 6.07) is 12.9. The third-order valence-corrected chi connectivity index (χ3v) is 6.33. The van der Waals surface area contributed by atoms with Crippen LogP contribution in [-0.4, -0.2) is 33.8 Å².